The Labute approximate surface area is 83.2 Å². The van der Waals surface area contributed by atoms with Gasteiger partial charge in [-0.3, -0.25) is 15.0 Å². The molecule has 0 saturated heterocycles. The molecule has 0 saturated carbocycles. The first kappa shape index (κ1) is 9.91. The predicted octanol–water partition coefficient (Wildman–Crippen LogP) is 1.01. The van der Waals surface area contributed by atoms with E-state index in [0.29, 0.717) is 10.2 Å². The molecule has 1 aromatic rings. The van der Waals surface area contributed by atoms with Crippen molar-refractivity contribution in [2.75, 3.05) is 7.11 Å². The third-order valence-corrected chi connectivity index (χ3v) is 2.17. The summed E-state index contributed by atoms with van der Waals surface area (Å²) in [7, 11) is 1.49. The van der Waals surface area contributed by atoms with E-state index in [2.05, 4.69) is 15.9 Å². The molecule has 0 aliphatic carbocycles. The van der Waals surface area contributed by atoms with Gasteiger partial charge in [0.05, 0.1) is 11.0 Å². The van der Waals surface area contributed by atoms with Gasteiger partial charge in [-0.25, -0.2) is 0 Å². The van der Waals surface area contributed by atoms with Crippen LogP contribution in [0.3, 0.4) is 0 Å². The molecule has 0 fully saturated rings. The van der Waals surface area contributed by atoms with Gasteiger partial charge in [0.15, 0.2) is 4.47 Å². The Hall–Kier alpha value is -1.17. The van der Waals surface area contributed by atoms with Gasteiger partial charge in [0.2, 0.25) is 11.9 Å². The molecule has 0 aliphatic rings. The first-order valence-electron chi connectivity index (χ1n) is 3.47. The van der Waals surface area contributed by atoms with Gasteiger partial charge in [-0.1, -0.05) is 0 Å². The smallest absolute Gasteiger partial charge is 0.274 e. The fraction of sp³-hybridized carbons (Fsp3) is 0.286. The number of aromatic nitrogens is 1. The van der Waals surface area contributed by atoms with E-state index < -0.39 is 4.92 Å². The molecular weight excluding hydrogens is 240 g/mol. The van der Waals surface area contributed by atoms with Gasteiger partial charge in [-0.2, -0.15) is 0 Å². The molecule has 1 heterocycles. The summed E-state index contributed by atoms with van der Waals surface area (Å²) < 4.78 is 1.84. The van der Waals surface area contributed by atoms with Gasteiger partial charge >= 0.3 is 0 Å². The predicted molar refractivity (Wildman–Crippen MR) is 48.2 cm³/mol. The number of rotatable bonds is 2. The van der Waals surface area contributed by atoms with E-state index in [0.717, 1.165) is 0 Å². The summed E-state index contributed by atoms with van der Waals surface area (Å²) in [5.74, 6) is 0. The summed E-state index contributed by atoms with van der Waals surface area (Å²) in [4.78, 5) is 15.0. The molecule has 6 heteroatoms. The third-order valence-electron chi connectivity index (χ3n) is 1.56. The molecule has 0 radical (unpaired) electrons. The monoisotopic (exact) mass is 247 g/mol. The Balaban J connectivity index is 3.28. The Morgan fingerprint density at radius 2 is 2.31 bits per heavy atom. The standard InChI is InChI=1S/C7H8BrN2O3/c1-5-3-7(10(11)12)6(8)4-9(5)13-2/h3-4H,1-2H3/q+1. The quantitative estimate of drug-likeness (QED) is 0.446. The SMILES string of the molecule is CO[n+]1cc(Br)c([N+](=O)[O-])cc1C. The summed E-state index contributed by atoms with van der Waals surface area (Å²) in [5, 5.41) is 10.5. The lowest BCUT2D eigenvalue weighted by molar-refractivity contribution is -0.890. The van der Waals surface area contributed by atoms with Gasteiger partial charge in [-0.15, -0.1) is 0 Å². The van der Waals surface area contributed by atoms with Crippen LogP contribution >= 0.6 is 15.9 Å². The lowest BCUT2D eigenvalue weighted by atomic mass is 10.3. The average Bonchev–Trinajstić information content (AvgIpc) is 2.07. The highest BCUT2D eigenvalue weighted by Crippen LogP contribution is 2.22. The van der Waals surface area contributed by atoms with Crippen molar-refractivity contribution in [3.05, 3.63) is 32.5 Å². The minimum atomic E-state index is -0.447. The minimum absolute atomic E-state index is 0.0331. The number of hydrogen-bond donors (Lipinski definition) is 0. The molecule has 0 spiro atoms. The number of aryl methyl sites for hydroxylation is 1. The van der Waals surface area contributed by atoms with Crippen LogP contribution in [0.1, 0.15) is 5.69 Å². The Bertz CT molecular complexity index is 354. The number of nitro groups is 1. The first-order valence-corrected chi connectivity index (χ1v) is 4.26. The molecule has 5 nitrogen and oxygen atoms in total. The molecule has 1 rings (SSSR count). The maximum Gasteiger partial charge on any atom is 0.296 e. The van der Waals surface area contributed by atoms with E-state index in [1.54, 1.807) is 6.92 Å². The van der Waals surface area contributed by atoms with Crippen LogP contribution < -0.4 is 9.57 Å². The van der Waals surface area contributed by atoms with Crippen molar-refractivity contribution < 1.29 is 14.5 Å². The highest BCUT2D eigenvalue weighted by Gasteiger charge is 2.20. The van der Waals surface area contributed by atoms with Crippen molar-refractivity contribution in [2.24, 2.45) is 0 Å². The fourth-order valence-corrected chi connectivity index (χ4v) is 1.38. The van der Waals surface area contributed by atoms with E-state index in [4.69, 9.17) is 4.84 Å². The number of halogens is 1. The minimum Gasteiger partial charge on any atom is -0.274 e. The molecule has 0 amide bonds. The van der Waals surface area contributed by atoms with Crippen molar-refractivity contribution in [3.63, 3.8) is 0 Å². The van der Waals surface area contributed by atoms with E-state index >= 15 is 0 Å². The van der Waals surface area contributed by atoms with Crippen LogP contribution in [-0.4, -0.2) is 12.0 Å². The van der Waals surface area contributed by atoms with Crippen LogP contribution in [0.5, 0.6) is 0 Å². The topological polar surface area (TPSA) is 56.2 Å². The lowest BCUT2D eigenvalue weighted by Gasteiger charge is -1.96. The highest BCUT2D eigenvalue weighted by atomic mass is 79.9. The van der Waals surface area contributed by atoms with Crippen LogP contribution in [0.2, 0.25) is 0 Å². The normalized spacial score (nSPS) is 9.77. The van der Waals surface area contributed by atoms with Gasteiger partial charge in [0, 0.05) is 11.7 Å². The Kier molecular flexibility index (Phi) is 2.82. The molecular formula is C7H8BrN2O3+. The van der Waals surface area contributed by atoms with Gasteiger partial charge < -0.3 is 0 Å². The van der Waals surface area contributed by atoms with Crippen LogP contribution in [0.4, 0.5) is 5.69 Å². The van der Waals surface area contributed by atoms with Crippen molar-refractivity contribution in [1.82, 2.24) is 0 Å². The van der Waals surface area contributed by atoms with Crippen molar-refractivity contribution >= 4 is 21.6 Å². The highest BCUT2D eigenvalue weighted by molar-refractivity contribution is 9.10. The second kappa shape index (κ2) is 3.69. The maximum atomic E-state index is 10.5. The number of pyridine rings is 1. The largest absolute Gasteiger partial charge is 0.296 e. The van der Waals surface area contributed by atoms with E-state index in [9.17, 15) is 10.1 Å². The second-order valence-corrected chi connectivity index (χ2v) is 3.27. The molecule has 0 atom stereocenters. The van der Waals surface area contributed by atoms with E-state index in [1.807, 2.05) is 0 Å². The maximum absolute atomic E-state index is 10.5. The molecule has 0 unspecified atom stereocenters. The van der Waals surface area contributed by atoms with E-state index in [1.165, 1.54) is 24.1 Å². The molecule has 0 aliphatic heterocycles. The zero-order valence-electron chi connectivity index (χ0n) is 7.15. The first-order chi connectivity index (χ1) is 6.06. The van der Waals surface area contributed by atoms with Crippen molar-refractivity contribution in [3.8, 4) is 0 Å². The summed E-state index contributed by atoms with van der Waals surface area (Å²) in [6.07, 6.45) is 1.51. The lowest BCUT2D eigenvalue weighted by Crippen LogP contribution is -2.43. The number of hydrogen-bond acceptors (Lipinski definition) is 3. The number of nitrogens with zero attached hydrogens (tertiary/aromatic N) is 2. The van der Waals surface area contributed by atoms with Gasteiger partial charge in [-0.05, 0) is 15.9 Å². The zero-order valence-corrected chi connectivity index (χ0v) is 8.74. The van der Waals surface area contributed by atoms with Gasteiger partial charge in [0.1, 0.15) is 7.11 Å². The fourth-order valence-electron chi connectivity index (χ4n) is 0.938. The Morgan fingerprint density at radius 3 is 2.77 bits per heavy atom. The van der Waals surface area contributed by atoms with Gasteiger partial charge in [0.25, 0.3) is 5.69 Å². The third kappa shape index (κ3) is 1.95. The zero-order chi connectivity index (χ0) is 10.0. The van der Waals surface area contributed by atoms with Crippen molar-refractivity contribution in [1.29, 1.82) is 0 Å². The summed E-state index contributed by atoms with van der Waals surface area (Å²) in [6, 6.07) is 1.44. The molecule has 0 bridgehead atoms. The molecule has 0 N–H and O–H groups in total. The van der Waals surface area contributed by atoms with Crippen molar-refractivity contribution in [2.45, 2.75) is 6.92 Å². The van der Waals surface area contributed by atoms with Crippen LogP contribution in [0.15, 0.2) is 16.7 Å². The molecule has 0 aromatic carbocycles. The molecule has 1 aromatic heterocycles. The summed E-state index contributed by atoms with van der Waals surface area (Å²) >= 11 is 3.08. The Morgan fingerprint density at radius 1 is 1.69 bits per heavy atom. The second-order valence-electron chi connectivity index (χ2n) is 2.41. The molecule has 13 heavy (non-hydrogen) atoms. The van der Waals surface area contributed by atoms with Crippen LogP contribution in [-0.2, 0) is 0 Å². The van der Waals surface area contributed by atoms with Crippen LogP contribution in [0, 0.1) is 17.0 Å². The molecule has 70 valence electrons. The van der Waals surface area contributed by atoms with E-state index in [-0.39, 0.29) is 5.69 Å². The summed E-state index contributed by atoms with van der Waals surface area (Å²) in [6.45, 7) is 1.73. The van der Waals surface area contributed by atoms with Crippen LogP contribution in [0.25, 0.3) is 0 Å². The average molecular weight is 248 g/mol. The summed E-state index contributed by atoms with van der Waals surface area (Å²) in [5.41, 5.74) is 0.697.